The van der Waals surface area contributed by atoms with Crippen molar-refractivity contribution in [1.82, 2.24) is 4.98 Å². The van der Waals surface area contributed by atoms with Gasteiger partial charge < -0.3 is 15.2 Å². The number of carbonyl (C=O) groups is 2. The Morgan fingerprint density at radius 3 is 2.75 bits per heavy atom. The maximum atomic E-state index is 11.8. The summed E-state index contributed by atoms with van der Waals surface area (Å²) in [5.74, 6) is -1.02. The van der Waals surface area contributed by atoms with Crippen molar-refractivity contribution in [3.63, 3.8) is 0 Å². The van der Waals surface area contributed by atoms with Gasteiger partial charge in [0.1, 0.15) is 5.56 Å². The molecular formula is C14H18N2O4. The third-order valence-electron chi connectivity index (χ3n) is 3.27. The molecule has 1 aromatic heterocycles. The number of aromatic nitrogens is 1. The van der Waals surface area contributed by atoms with Crippen LogP contribution in [0.3, 0.4) is 0 Å². The number of esters is 1. The van der Waals surface area contributed by atoms with Gasteiger partial charge in [0.25, 0.3) is 5.91 Å². The van der Waals surface area contributed by atoms with Gasteiger partial charge in [-0.3, -0.25) is 4.79 Å². The van der Waals surface area contributed by atoms with Gasteiger partial charge >= 0.3 is 5.97 Å². The van der Waals surface area contributed by atoms with Gasteiger partial charge in [0.05, 0.1) is 7.11 Å². The first kappa shape index (κ1) is 14.3. The molecule has 0 unspecified atom stereocenters. The van der Waals surface area contributed by atoms with Crippen LogP contribution >= 0.6 is 0 Å². The molecular weight excluding hydrogens is 260 g/mol. The van der Waals surface area contributed by atoms with E-state index in [9.17, 15) is 9.59 Å². The monoisotopic (exact) mass is 278 g/mol. The van der Waals surface area contributed by atoms with Crippen molar-refractivity contribution in [2.24, 2.45) is 5.73 Å². The molecule has 6 heteroatoms. The molecule has 0 spiro atoms. The van der Waals surface area contributed by atoms with Gasteiger partial charge in [-0.1, -0.05) is 6.42 Å². The highest BCUT2D eigenvalue weighted by atomic mass is 16.5. The zero-order chi connectivity index (χ0) is 14.5. The lowest BCUT2D eigenvalue weighted by molar-refractivity contribution is -0.120. The second-order valence-corrected chi connectivity index (χ2v) is 4.75. The zero-order valence-electron chi connectivity index (χ0n) is 11.5. The third kappa shape index (κ3) is 3.26. The topological polar surface area (TPSA) is 91.5 Å². The van der Waals surface area contributed by atoms with E-state index in [4.69, 9.17) is 15.2 Å². The molecule has 0 aromatic carbocycles. The number of carbonyl (C=O) groups excluding carboxylic acids is 2. The molecule has 1 aliphatic rings. The number of hydrogen-bond donors (Lipinski definition) is 1. The van der Waals surface area contributed by atoms with E-state index in [-0.39, 0.29) is 18.1 Å². The van der Waals surface area contributed by atoms with Crippen LogP contribution < -0.4 is 10.5 Å². The molecule has 0 bridgehead atoms. The molecule has 0 fully saturated rings. The predicted molar refractivity (Wildman–Crippen MR) is 71.5 cm³/mol. The van der Waals surface area contributed by atoms with Crippen LogP contribution in [0.2, 0.25) is 0 Å². The van der Waals surface area contributed by atoms with Crippen molar-refractivity contribution in [3.05, 3.63) is 22.9 Å². The molecule has 0 saturated carbocycles. The van der Waals surface area contributed by atoms with Crippen LogP contribution in [0, 0.1) is 0 Å². The van der Waals surface area contributed by atoms with Crippen LogP contribution in [-0.2, 0) is 22.4 Å². The van der Waals surface area contributed by atoms with Gasteiger partial charge in [-0.05, 0) is 37.3 Å². The maximum Gasteiger partial charge on any atom is 0.343 e. The second-order valence-electron chi connectivity index (χ2n) is 4.75. The summed E-state index contributed by atoms with van der Waals surface area (Å²) in [6.07, 6.45) is 5.02. The molecule has 0 aliphatic heterocycles. The smallest absolute Gasteiger partial charge is 0.343 e. The highest BCUT2D eigenvalue weighted by Crippen LogP contribution is 2.26. The lowest BCUT2D eigenvalue weighted by Gasteiger charge is -2.12. The Balaban J connectivity index is 2.38. The summed E-state index contributed by atoms with van der Waals surface area (Å²) in [7, 11) is 1.30. The van der Waals surface area contributed by atoms with Crippen molar-refractivity contribution in [2.75, 3.05) is 13.7 Å². The summed E-state index contributed by atoms with van der Waals surface area (Å²) in [6.45, 7) is -0.310. The van der Waals surface area contributed by atoms with E-state index in [0.717, 1.165) is 43.4 Å². The Kier molecular flexibility index (Phi) is 4.55. The first-order chi connectivity index (χ1) is 9.61. The van der Waals surface area contributed by atoms with Crippen LogP contribution in [-0.4, -0.2) is 30.6 Å². The number of primary amides is 1. The van der Waals surface area contributed by atoms with E-state index in [0.29, 0.717) is 0 Å². The first-order valence-corrected chi connectivity index (χ1v) is 6.64. The summed E-state index contributed by atoms with van der Waals surface area (Å²) in [5.41, 5.74) is 7.27. The number of rotatable bonds is 4. The second kappa shape index (κ2) is 6.36. The minimum absolute atomic E-state index is 0.122. The average molecular weight is 278 g/mol. The zero-order valence-corrected chi connectivity index (χ0v) is 11.5. The maximum absolute atomic E-state index is 11.8. The van der Waals surface area contributed by atoms with Crippen LogP contribution in [0.1, 0.15) is 40.9 Å². The first-order valence-electron chi connectivity index (χ1n) is 6.64. The molecule has 0 atom stereocenters. The lowest BCUT2D eigenvalue weighted by atomic mass is 10.1. The summed E-state index contributed by atoms with van der Waals surface area (Å²) in [6, 6.07) is 1.76. The number of methoxy groups -OCH3 is 1. The van der Waals surface area contributed by atoms with Crippen molar-refractivity contribution in [2.45, 2.75) is 32.1 Å². The summed E-state index contributed by atoms with van der Waals surface area (Å²) < 4.78 is 9.97. The van der Waals surface area contributed by atoms with Crippen molar-refractivity contribution < 1.29 is 19.1 Å². The highest BCUT2D eigenvalue weighted by Gasteiger charge is 2.20. The quantitative estimate of drug-likeness (QED) is 0.655. The standard InChI is InChI=1S/C14H18N2O4/c1-19-14(18)10-7-9-5-3-2-4-6-11(9)16-13(10)20-8-12(15)17/h7H,2-6,8H2,1H3,(H2,15,17). The van der Waals surface area contributed by atoms with Crippen LogP contribution in [0.4, 0.5) is 0 Å². The largest absolute Gasteiger partial charge is 0.467 e. The van der Waals surface area contributed by atoms with E-state index in [1.54, 1.807) is 6.07 Å². The Hall–Kier alpha value is -2.11. The number of amides is 1. The van der Waals surface area contributed by atoms with Crippen LogP contribution in [0.25, 0.3) is 0 Å². The van der Waals surface area contributed by atoms with Gasteiger partial charge in [-0.25, -0.2) is 9.78 Å². The average Bonchev–Trinajstić information content (AvgIpc) is 2.67. The van der Waals surface area contributed by atoms with Crippen LogP contribution in [0.5, 0.6) is 5.88 Å². The minimum atomic E-state index is -0.613. The highest BCUT2D eigenvalue weighted by molar-refractivity contribution is 5.92. The van der Waals surface area contributed by atoms with E-state index in [1.807, 2.05) is 0 Å². The van der Waals surface area contributed by atoms with Crippen molar-refractivity contribution in [1.29, 1.82) is 0 Å². The normalized spacial score (nSPS) is 14.1. The van der Waals surface area contributed by atoms with Crippen molar-refractivity contribution in [3.8, 4) is 5.88 Å². The van der Waals surface area contributed by atoms with E-state index < -0.39 is 11.9 Å². The minimum Gasteiger partial charge on any atom is -0.467 e. The molecule has 20 heavy (non-hydrogen) atoms. The van der Waals surface area contributed by atoms with Gasteiger partial charge in [-0.15, -0.1) is 0 Å². The molecule has 0 radical (unpaired) electrons. The number of aryl methyl sites for hydroxylation is 2. The Labute approximate surface area is 117 Å². The lowest BCUT2D eigenvalue weighted by Crippen LogP contribution is -2.22. The van der Waals surface area contributed by atoms with Crippen LogP contribution in [0.15, 0.2) is 6.07 Å². The van der Waals surface area contributed by atoms with E-state index in [2.05, 4.69) is 4.98 Å². The number of pyridine rings is 1. The number of fused-ring (bicyclic) bond motifs is 1. The van der Waals surface area contributed by atoms with E-state index >= 15 is 0 Å². The Morgan fingerprint density at radius 1 is 1.30 bits per heavy atom. The molecule has 108 valence electrons. The molecule has 1 aliphatic carbocycles. The Bertz CT molecular complexity index is 528. The molecule has 6 nitrogen and oxygen atoms in total. The van der Waals surface area contributed by atoms with Gasteiger partial charge in [0.15, 0.2) is 6.61 Å². The number of nitrogens with zero attached hydrogens (tertiary/aromatic N) is 1. The van der Waals surface area contributed by atoms with Crippen molar-refractivity contribution >= 4 is 11.9 Å². The third-order valence-corrected chi connectivity index (χ3v) is 3.27. The molecule has 1 aromatic rings. The molecule has 2 N–H and O–H groups in total. The SMILES string of the molecule is COC(=O)c1cc2c(nc1OCC(N)=O)CCCCC2. The van der Waals surface area contributed by atoms with Gasteiger partial charge in [-0.2, -0.15) is 0 Å². The van der Waals surface area contributed by atoms with Gasteiger partial charge in [0, 0.05) is 5.69 Å². The number of hydrogen-bond acceptors (Lipinski definition) is 5. The number of nitrogens with two attached hydrogens (primary N) is 1. The van der Waals surface area contributed by atoms with E-state index in [1.165, 1.54) is 7.11 Å². The fourth-order valence-corrected chi connectivity index (χ4v) is 2.30. The molecule has 1 heterocycles. The summed E-state index contributed by atoms with van der Waals surface area (Å²) >= 11 is 0. The fourth-order valence-electron chi connectivity index (χ4n) is 2.30. The molecule has 2 rings (SSSR count). The predicted octanol–water partition coefficient (Wildman–Crippen LogP) is 1.00. The molecule has 1 amide bonds. The summed E-state index contributed by atoms with van der Waals surface area (Å²) in [4.78, 5) is 27.0. The molecule has 0 saturated heterocycles. The number of ether oxygens (including phenoxy) is 2. The Morgan fingerprint density at radius 2 is 2.05 bits per heavy atom. The fraction of sp³-hybridized carbons (Fsp3) is 0.500. The summed E-state index contributed by atoms with van der Waals surface area (Å²) in [5, 5.41) is 0. The van der Waals surface area contributed by atoms with Gasteiger partial charge in [0.2, 0.25) is 5.88 Å².